The molecule has 1 aromatic heterocycles. The molecule has 154 valence electrons. The Balaban J connectivity index is 0.00000280. The van der Waals surface area contributed by atoms with Gasteiger partial charge in [-0.2, -0.15) is 0 Å². The zero-order chi connectivity index (χ0) is 19.1. The van der Waals surface area contributed by atoms with Gasteiger partial charge in [0.2, 0.25) is 0 Å². The van der Waals surface area contributed by atoms with E-state index in [0.29, 0.717) is 18.3 Å². The van der Waals surface area contributed by atoms with Crippen LogP contribution in [0.15, 0.2) is 46.8 Å². The first kappa shape index (κ1) is 22.7. The lowest BCUT2D eigenvalue weighted by Crippen LogP contribution is -2.50. The van der Waals surface area contributed by atoms with Gasteiger partial charge in [0, 0.05) is 32.2 Å². The molecule has 3 rings (SSSR count). The second-order valence-electron chi connectivity index (χ2n) is 6.70. The number of piperidine rings is 1. The molecule has 0 amide bonds. The summed E-state index contributed by atoms with van der Waals surface area (Å²) in [4.78, 5) is 6.75. The third-order valence-electron chi connectivity index (χ3n) is 4.57. The van der Waals surface area contributed by atoms with E-state index < -0.39 is 0 Å². The van der Waals surface area contributed by atoms with Crippen molar-refractivity contribution >= 4 is 46.3 Å². The van der Waals surface area contributed by atoms with Gasteiger partial charge in [-0.1, -0.05) is 6.07 Å². The molecule has 8 heteroatoms. The van der Waals surface area contributed by atoms with Crippen molar-refractivity contribution in [3.05, 3.63) is 47.6 Å². The highest BCUT2D eigenvalue weighted by molar-refractivity contribution is 14.0. The number of nitrogens with zero attached hydrogens (tertiary/aromatic N) is 2. The molecular formula is C20H28FIN4OS. The van der Waals surface area contributed by atoms with Crippen molar-refractivity contribution in [2.24, 2.45) is 4.99 Å². The summed E-state index contributed by atoms with van der Waals surface area (Å²) in [6.45, 7) is 4.64. The first-order valence-corrected chi connectivity index (χ1v) is 10.2. The molecule has 0 aliphatic carbocycles. The van der Waals surface area contributed by atoms with E-state index in [2.05, 4.69) is 38.0 Å². The zero-order valence-corrected chi connectivity index (χ0v) is 19.4. The van der Waals surface area contributed by atoms with Crippen LogP contribution >= 0.6 is 35.3 Å². The fourth-order valence-corrected chi connectivity index (χ4v) is 3.92. The van der Waals surface area contributed by atoms with Gasteiger partial charge in [-0.15, -0.1) is 35.3 Å². The Morgan fingerprint density at radius 2 is 2.11 bits per heavy atom. The minimum atomic E-state index is -0.293. The average molecular weight is 518 g/mol. The topological polar surface area (TPSA) is 48.9 Å². The SMILES string of the molecule is CN=C(NCC(C)Oc1cccc(F)c1)NC1CCN(c2cccs2)CC1.I. The smallest absolute Gasteiger partial charge is 0.191 e. The van der Waals surface area contributed by atoms with E-state index >= 15 is 0 Å². The second kappa shape index (κ2) is 11.5. The van der Waals surface area contributed by atoms with Crippen molar-refractivity contribution in [1.29, 1.82) is 0 Å². The van der Waals surface area contributed by atoms with E-state index in [1.165, 1.54) is 17.1 Å². The summed E-state index contributed by atoms with van der Waals surface area (Å²) in [7, 11) is 1.77. The predicted molar refractivity (Wildman–Crippen MR) is 126 cm³/mol. The van der Waals surface area contributed by atoms with Crippen LogP contribution < -0.4 is 20.3 Å². The summed E-state index contributed by atoms with van der Waals surface area (Å²) < 4.78 is 19.0. The quantitative estimate of drug-likeness (QED) is 0.344. The molecule has 0 spiro atoms. The van der Waals surface area contributed by atoms with Crippen LogP contribution in [0.4, 0.5) is 9.39 Å². The molecule has 28 heavy (non-hydrogen) atoms. The lowest BCUT2D eigenvalue weighted by Gasteiger charge is -2.33. The van der Waals surface area contributed by atoms with E-state index in [0.717, 1.165) is 31.9 Å². The molecule has 0 bridgehead atoms. The Morgan fingerprint density at radius 3 is 2.75 bits per heavy atom. The van der Waals surface area contributed by atoms with Crippen LogP contribution in [0.3, 0.4) is 0 Å². The molecule has 1 fully saturated rings. The largest absolute Gasteiger partial charge is 0.489 e. The monoisotopic (exact) mass is 518 g/mol. The van der Waals surface area contributed by atoms with Gasteiger partial charge in [0.1, 0.15) is 17.7 Å². The average Bonchev–Trinajstić information content (AvgIpc) is 3.20. The summed E-state index contributed by atoms with van der Waals surface area (Å²) in [6, 6.07) is 10.9. The molecule has 2 aromatic rings. The van der Waals surface area contributed by atoms with E-state index in [-0.39, 0.29) is 35.9 Å². The van der Waals surface area contributed by atoms with Crippen molar-refractivity contribution < 1.29 is 9.13 Å². The van der Waals surface area contributed by atoms with Gasteiger partial charge in [0.25, 0.3) is 0 Å². The Labute approximate surface area is 187 Å². The number of ether oxygens (including phenoxy) is 1. The van der Waals surface area contributed by atoms with Gasteiger partial charge in [-0.3, -0.25) is 4.99 Å². The lowest BCUT2D eigenvalue weighted by atomic mass is 10.1. The lowest BCUT2D eigenvalue weighted by molar-refractivity contribution is 0.222. The number of hydrogen-bond acceptors (Lipinski definition) is 4. The molecule has 1 saturated heterocycles. The van der Waals surface area contributed by atoms with Crippen molar-refractivity contribution in [3.63, 3.8) is 0 Å². The fraction of sp³-hybridized carbons (Fsp3) is 0.450. The minimum absolute atomic E-state index is 0. The highest BCUT2D eigenvalue weighted by Crippen LogP contribution is 2.24. The standard InChI is InChI=1S/C20H27FN4OS.HI/c1-15(26-18-6-3-5-16(21)13-18)14-23-20(22-2)24-17-8-10-25(11-9-17)19-7-4-12-27-19;/h3-7,12-13,15,17H,8-11,14H2,1-2H3,(H2,22,23,24);1H. The molecule has 1 aromatic carbocycles. The van der Waals surface area contributed by atoms with Gasteiger partial charge in [-0.25, -0.2) is 4.39 Å². The van der Waals surface area contributed by atoms with Gasteiger partial charge < -0.3 is 20.3 Å². The number of halogens is 2. The summed E-state index contributed by atoms with van der Waals surface area (Å²) in [5.74, 6) is 1.02. The van der Waals surface area contributed by atoms with Crippen LogP contribution in [0.1, 0.15) is 19.8 Å². The number of hydrogen-bond donors (Lipinski definition) is 2. The van der Waals surface area contributed by atoms with Gasteiger partial charge in [0.05, 0.1) is 11.5 Å². The molecule has 1 atom stereocenters. The van der Waals surface area contributed by atoms with Crippen LogP contribution in [-0.2, 0) is 0 Å². The summed E-state index contributed by atoms with van der Waals surface area (Å²) in [5.41, 5.74) is 0. The molecule has 5 nitrogen and oxygen atoms in total. The van der Waals surface area contributed by atoms with E-state index in [4.69, 9.17) is 4.74 Å². The Morgan fingerprint density at radius 1 is 1.32 bits per heavy atom. The maximum atomic E-state index is 13.2. The third kappa shape index (κ3) is 6.80. The predicted octanol–water partition coefficient (Wildman–Crippen LogP) is 4.11. The maximum absolute atomic E-state index is 13.2. The number of guanidine groups is 1. The number of nitrogens with one attached hydrogen (secondary N) is 2. The number of aliphatic imine (C=N–C) groups is 1. The van der Waals surface area contributed by atoms with Gasteiger partial charge >= 0.3 is 0 Å². The number of thiophene rings is 1. The number of rotatable bonds is 6. The van der Waals surface area contributed by atoms with E-state index in [1.54, 1.807) is 30.5 Å². The van der Waals surface area contributed by atoms with Crippen molar-refractivity contribution in [3.8, 4) is 5.75 Å². The van der Waals surface area contributed by atoms with Crippen molar-refractivity contribution in [1.82, 2.24) is 10.6 Å². The Bertz CT molecular complexity index is 736. The summed E-state index contributed by atoms with van der Waals surface area (Å²) in [6.07, 6.45) is 2.05. The molecular weight excluding hydrogens is 490 g/mol. The molecule has 2 N–H and O–H groups in total. The Kier molecular flexibility index (Phi) is 9.30. The third-order valence-corrected chi connectivity index (χ3v) is 5.50. The van der Waals surface area contributed by atoms with Crippen molar-refractivity contribution in [2.45, 2.75) is 31.9 Å². The molecule has 2 heterocycles. The minimum Gasteiger partial charge on any atom is -0.489 e. The highest BCUT2D eigenvalue weighted by Gasteiger charge is 2.20. The molecule has 1 aliphatic heterocycles. The number of benzene rings is 1. The van der Waals surface area contributed by atoms with Crippen LogP contribution in [0.25, 0.3) is 0 Å². The molecule has 0 saturated carbocycles. The van der Waals surface area contributed by atoms with E-state index in [9.17, 15) is 4.39 Å². The summed E-state index contributed by atoms with van der Waals surface area (Å²) in [5, 5.41) is 10.3. The molecule has 0 radical (unpaired) electrons. The normalized spacial score (nSPS) is 16.2. The highest BCUT2D eigenvalue weighted by atomic mass is 127. The second-order valence-corrected chi connectivity index (χ2v) is 7.62. The van der Waals surface area contributed by atoms with Crippen molar-refractivity contribution in [2.75, 3.05) is 31.6 Å². The van der Waals surface area contributed by atoms with Crippen LogP contribution in [0.2, 0.25) is 0 Å². The van der Waals surface area contributed by atoms with Crippen LogP contribution in [-0.4, -0.2) is 44.8 Å². The van der Waals surface area contributed by atoms with Gasteiger partial charge in [-0.05, 0) is 49.4 Å². The van der Waals surface area contributed by atoms with Crippen LogP contribution in [0, 0.1) is 5.82 Å². The fourth-order valence-electron chi connectivity index (χ4n) is 3.14. The molecule has 1 unspecified atom stereocenters. The first-order chi connectivity index (χ1) is 13.1. The summed E-state index contributed by atoms with van der Waals surface area (Å²) >= 11 is 1.79. The first-order valence-electron chi connectivity index (χ1n) is 9.32. The van der Waals surface area contributed by atoms with Gasteiger partial charge in [0.15, 0.2) is 5.96 Å². The Hall–Kier alpha value is -1.55. The van der Waals surface area contributed by atoms with E-state index in [1.807, 2.05) is 6.92 Å². The number of anilines is 1. The molecule has 1 aliphatic rings. The van der Waals surface area contributed by atoms with Crippen LogP contribution in [0.5, 0.6) is 5.75 Å². The zero-order valence-electron chi connectivity index (χ0n) is 16.2. The maximum Gasteiger partial charge on any atom is 0.191 e.